The van der Waals surface area contributed by atoms with Gasteiger partial charge in [0.1, 0.15) is 9.23 Å². The summed E-state index contributed by atoms with van der Waals surface area (Å²) in [5.41, 5.74) is 0.557. The summed E-state index contributed by atoms with van der Waals surface area (Å²) in [6, 6.07) is 7.49. The van der Waals surface area contributed by atoms with Gasteiger partial charge in [0.25, 0.3) is 15.9 Å². The van der Waals surface area contributed by atoms with Crippen LogP contribution in [0.1, 0.15) is 24.2 Å². The Balaban J connectivity index is 1.61. The van der Waals surface area contributed by atoms with E-state index in [0.29, 0.717) is 31.0 Å². The molecular weight excluding hydrogens is 469 g/mol. The molecule has 1 fully saturated rings. The number of carbonyl (C=O) groups excluding carboxylic acids is 1. The summed E-state index contributed by atoms with van der Waals surface area (Å²) in [5.74, 6) is -0.224. The van der Waals surface area contributed by atoms with Crippen LogP contribution in [-0.4, -0.2) is 57.6 Å². The first-order valence-electron chi connectivity index (χ1n) is 9.27. The van der Waals surface area contributed by atoms with Crippen molar-refractivity contribution in [3.63, 3.8) is 0 Å². The van der Waals surface area contributed by atoms with Crippen molar-refractivity contribution in [3.05, 3.63) is 44.6 Å². The Bertz CT molecular complexity index is 1000. The van der Waals surface area contributed by atoms with Crippen LogP contribution in [0.4, 0.5) is 5.69 Å². The first-order chi connectivity index (χ1) is 14.1. The van der Waals surface area contributed by atoms with Gasteiger partial charge in [-0.3, -0.25) is 14.4 Å². The van der Waals surface area contributed by atoms with Gasteiger partial charge < -0.3 is 10.1 Å². The van der Waals surface area contributed by atoms with Crippen molar-refractivity contribution in [2.45, 2.75) is 24.3 Å². The zero-order chi connectivity index (χ0) is 21.9. The second-order valence-corrected chi connectivity index (χ2v) is 11.4. The molecule has 0 aliphatic carbocycles. The van der Waals surface area contributed by atoms with Crippen molar-refractivity contribution in [2.75, 3.05) is 37.6 Å². The summed E-state index contributed by atoms with van der Waals surface area (Å²) < 4.78 is 33.1. The van der Waals surface area contributed by atoms with Crippen LogP contribution >= 0.6 is 34.5 Å². The first kappa shape index (κ1) is 23.3. The molecule has 7 nitrogen and oxygen atoms in total. The highest BCUT2D eigenvalue weighted by molar-refractivity contribution is 7.93. The van der Waals surface area contributed by atoms with E-state index in [-0.39, 0.29) is 25.0 Å². The van der Waals surface area contributed by atoms with Gasteiger partial charge in [-0.1, -0.05) is 23.2 Å². The fraction of sp³-hybridized carbons (Fsp3) is 0.421. The molecule has 2 N–H and O–H groups in total. The Kier molecular flexibility index (Phi) is 7.32. The molecule has 2 heterocycles. The summed E-state index contributed by atoms with van der Waals surface area (Å²) in [7, 11) is -3.87. The average molecular weight is 492 g/mol. The van der Waals surface area contributed by atoms with Gasteiger partial charge in [0, 0.05) is 36.4 Å². The predicted octanol–water partition coefficient (Wildman–Crippen LogP) is 3.70. The molecule has 1 aromatic carbocycles. The molecule has 0 saturated carbocycles. The minimum absolute atomic E-state index is 0.0775. The number of anilines is 1. The SMILES string of the molecule is CC(C)(CNC(=O)c1ccc(NS(=O)(=O)c2cc(Cl)sc2Cl)cc1)N1CCOCC1. The lowest BCUT2D eigenvalue weighted by molar-refractivity contribution is -0.00923. The van der Waals surface area contributed by atoms with E-state index in [1.54, 1.807) is 12.1 Å². The molecular formula is C19H23Cl2N3O4S2. The third kappa shape index (κ3) is 5.66. The van der Waals surface area contributed by atoms with E-state index >= 15 is 0 Å². The van der Waals surface area contributed by atoms with Crippen LogP contribution < -0.4 is 10.0 Å². The second-order valence-electron chi connectivity index (χ2n) is 7.47. The number of nitrogens with one attached hydrogen (secondary N) is 2. The maximum absolute atomic E-state index is 12.5. The van der Waals surface area contributed by atoms with Gasteiger partial charge in [0.05, 0.1) is 17.6 Å². The molecule has 0 atom stereocenters. The van der Waals surface area contributed by atoms with E-state index in [2.05, 4.69) is 28.8 Å². The number of nitrogens with zero attached hydrogens (tertiary/aromatic N) is 1. The van der Waals surface area contributed by atoms with Crippen molar-refractivity contribution in [3.8, 4) is 0 Å². The molecule has 1 aromatic heterocycles. The molecule has 0 unspecified atom stereocenters. The van der Waals surface area contributed by atoms with E-state index in [0.717, 1.165) is 24.4 Å². The van der Waals surface area contributed by atoms with E-state index in [9.17, 15) is 13.2 Å². The van der Waals surface area contributed by atoms with E-state index < -0.39 is 10.0 Å². The predicted molar refractivity (Wildman–Crippen MR) is 120 cm³/mol. The van der Waals surface area contributed by atoms with Crippen molar-refractivity contribution in [1.82, 2.24) is 10.2 Å². The first-order valence-corrected chi connectivity index (χ1v) is 12.3. The Morgan fingerprint density at radius 3 is 2.40 bits per heavy atom. The highest BCUT2D eigenvalue weighted by Gasteiger charge is 2.28. The van der Waals surface area contributed by atoms with Gasteiger partial charge in [0.15, 0.2) is 0 Å². The molecule has 30 heavy (non-hydrogen) atoms. The number of halogens is 2. The van der Waals surface area contributed by atoms with Gasteiger partial charge in [-0.25, -0.2) is 8.42 Å². The number of hydrogen-bond acceptors (Lipinski definition) is 6. The van der Waals surface area contributed by atoms with E-state index in [1.807, 2.05) is 0 Å². The smallest absolute Gasteiger partial charge is 0.264 e. The second kappa shape index (κ2) is 9.42. The normalized spacial score (nSPS) is 15.7. The number of carbonyl (C=O) groups is 1. The zero-order valence-corrected chi connectivity index (χ0v) is 19.7. The molecule has 0 spiro atoms. The molecule has 3 rings (SSSR count). The highest BCUT2D eigenvalue weighted by Crippen LogP contribution is 2.35. The fourth-order valence-corrected chi connectivity index (χ4v) is 6.30. The standard InChI is InChI=1S/C19H23Cl2N3O4S2/c1-19(2,24-7-9-28-10-8-24)12-22-18(25)13-3-5-14(6-4-13)23-30(26,27)15-11-16(20)29-17(15)21/h3-6,11,23H,7-10,12H2,1-2H3,(H,22,25). The van der Waals surface area contributed by atoms with Gasteiger partial charge in [-0.2, -0.15) is 0 Å². The zero-order valence-electron chi connectivity index (χ0n) is 16.6. The lowest BCUT2D eigenvalue weighted by Gasteiger charge is -2.40. The third-order valence-corrected chi connectivity index (χ3v) is 8.00. The van der Waals surface area contributed by atoms with E-state index in [1.165, 1.54) is 18.2 Å². The van der Waals surface area contributed by atoms with Gasteiger partial charge in [-0.15, -0.1) is 11.3 Å². The summed E-state index contributed by atoms with van der Waals surface area (Å²) in [6.45, 7) is 7.69. The number of rotatable bonds is 7. The van der Waals surface area contributed by atoms with Crippen molar-refractivity contribution in [2.24, 2.45) is 0 Å². The number of ether oxygens (including phenoxy) is 1. The summed E-state index contributed by atoms with van der Waals surface area (Å²) in [4.78, 5) is 14.7. The van der Waals surface area contributed by atoms with Crippen molar-refractivity contribution >= 4 is 56.2 Å². The molecule has 11 heteroatoms. The highest BCUT2D eigenvalue weighted by atomic mass is 35.5. The molecule has 1 aliphatic rings. The average Bonchev–Trinajstić information content (AvgIpc) is 3.06. The third-order valence-electron chi connectivity index (χ3n) is 4.86. The topological polar surface area (TPSA) is 87.7 Å². The van der Waals surface area contributed by atoms with Gasteiger partial charge >= 0.3 is 0 Å². The lowest BCUT2D eigenvalue weighted by atomic mass is 10.0. The number of thiophene rings is 1. The van der Waals surface area contributed by atoms with Crippen LogP contribution in [0.15, 0.2) is 35.2 Å². The lowest BCUT2D eigenvalue weighted by Crippen LogP contribution is -2.55. The molecule has 0 radical (unpaired) electrons. The molecule has 164 valence electrons. The van der Waals surface area contributed by atoms with Gasteiger partial charge in [0.2, 0.25) is 0 Å². The fourth-order valence-electron chi connectivity index (χ4n) is 3.09. The Morgan fingerprint density at radius 1 is 1.20 bits per heavy atom. The Morgan fingerprint density at radius 2 is 1.83 bits per heavy atom. The van der Waals surface area contributed by atoms with Gasteiger partial charge in [-0.05, 0) is 44.2 Å². The van der Waals surface area contributed by atoms with Crippen molar-refractivity contribution in [1.29, 1.82) is 0 Å². The van der Waals surface area contributed by atoms with Crippen LogP contribution in [0.5, 0.6) is 0 Å². The quantitative estimate of drug-likeness (QED) is 0.616. The molecule has 1 amide bonds. The van der Waals surface area contributed by atoms with Crippen LogP contribution in [-0.2, 0) is 14.8 Å². The summed E-state index contributed by atoms with van der Waals surface area (Å²) >= 11 is 12.8. The van der Waals surface area contributed by atoms with Crippen molar-refractivity contribution < 1.29 is 17.9 Å². The Hall–Kier alpha value is -1.36. The maximum Gasteiger partial charge on any atom is 0.264 e. The number of benzene rings is 1. The number of hydrogen-bond donors (Lipinski definition) is 2. The molecule has 2 aromatic rings. The largest absolute Gasteiger partial charge is 0.379 e. The minimum Gasteiger partial charge on any atom is -0.379 e. The maximum atomic E-state index is 12.5. The van der Waals surface area contributed by atoms with Crippen LogP contribution in [0.3, 0.4) is 0 Å². The molecule has 1 saturated heterocycles. The Labute approximate surface area is 190 Å². The summed E-state index contributed by atoms with van der Waals surface area (Å²) in [5, 5.41) is 2.95. The number of amides is 1. The number of morpholine rings is 1. The van der Waals surface area contributed by atoms with Crippen LogP contribution in [0.25, 0.3) is 0 Å². The summed E-state index contributed by atoms with van der Waals surface area (Å²) in [6.07, 6.45) is 0. The minimum atomic E-state index is -3.87. The van der Waals surface area contributed by atoms with Crippen LogP contribution in [0.2, 0.25) is 8.67 Å². The molecule has 1 aliphatic heterocycles. The monoisotopic (exact) mass is 491 g/mol. The van der Waals surface area contributed by atoms with E-state index in [4.69, 9.17) is 27.9 Å². The number of sulfonamides is 1. The molecule has 0 bridgehead atoms. The van der Waals surface area contributed by atoms with Crippen LogP contribution in [0, 0.1) is 0 Å².